The summed E-state index contributed by atoms with van der Waals surface area (Å²) < 4.78 is 30.2. The van der Waals surface area contributed by atoms with Crippen molar-refractivity contribution >= 4 is 43.5 Å². The third kappa shape index (κ3) is 6.05. The maximum Gasteiger partial charge on any atom is 0.261 e. The SMILES string of the molecule is O=C(c1ccc(Br)cc1)N1CCN(C(=O)c2cccc(S(=O)(=O)Nc3ccccc3-c3ccccc3)c2)CC1. The number of anilines is 1. The average Bonchev–Trinajstić information content (AvgIpc) is 2.97. The van der Waals surface area contributed by atoms with Crippen LogP contribution >= 0.6 is 15.9 Å². The van der Waals surface area contributed by atoms with Crippen molar-refractivity contribution in [1.29, 1.82) is 0 Å². The second-order valence-electron chi connectivity index (χ2n) is 9.14. The molecule has 0 saturated carbocycles. The normalized spacial score (nSPS) is 13.7. The van der Waals surface area contributed by atoms with Gasteiger partial charge in [0.1, 0.15) is 0 Å². The summed E-state index contributed by atoms with van der Waals surface area (Å²) in [5.41, 5.74) is 2.97. The number of carbonyl (C=O) groups is 2. The van der Waals surface area contributed by atoms with E-state index < -0.39 is 10.0 Å². The molecule has 0 radical (unpaired) electrons. The number of piperazine rings is 1. The number of sulfonamides is 1. The summed E-state index contributed by atoms with van der Waals surface area (Å²) in [5.74, 6) is -0.350. The molecule has 0 bridgehead atoms. The Hall–Kier alpha value is -3.95. The van der Waals surface area contributed by atoms with Crippen LogP contribution < -0.4 is 4.72 Å². The Morgan fingerprint density at radius 3 is 1.92 bits per heavy atom. The molecule has 0 aromatic heterocycles. The summed E-state index contributed by atoms with van der Waals surface area (Å²) in [7, 11) is -3.96. The standard InChI is InChI=1S/C30H26BrN3O4S/c31-25-15-13-23(14-16-25)29(35)33-17-19-34(20-18-33)30(36)24-9-6-10-26(21-24)39(37,38)32-28-12-5-4-11-27(28)22-7-2-1-3-8-22/h1-16,21,32H,17-20H2. The van der Waals surface area contributed by atoms with Gasteiger partial charge in [-0.3, -0.25) is 14.3 Å². The number of hydrogen-bond acceptors (Lipinski definition) is 4. The van der Waals surface area contributed by atoms with Crippen LogP contribution in [0.1, 0.15) is 20.7 Å². The number of halogens is 1. The predicted molar refractivity (Wildman–Crippen MR) is 155 cm³/mol. The number of carbonyl (C=O) groups excluding carboxylic acids is 2. The number of rotatable bonds is 6. The van der Waals surface area contributed by atoms with Gasteiger partial charge >= 0.3 is 0 Å². The van der Waals surface area contributed by atoms with Crippen molar-refractivity contribution in [3.8, 4) is 11.1 Å². The maximum absolute atomic E-state index is 13.3. The second-order valence-corrected chi connectivity index (χ2v) is 11.7. The summed E-state index contributed by atoms with van der Waals surface area (Å²) in [5, 5.41) is 0. The van der Waals surface area contributed by atoms with E-state index in [1.54, 1.807) is 46.2 Å². The van der Waals surface area contributed by atoms with Gasteiger partial charge in [-0.2, -0.15) is 0 Å². The molecule has 0 spiro atoms. The lowest BCUT2D eigenvalue weighted by Crippen LogP contribution is -2.50. The van der Waals surface area contributed by atoms with Crippen molar-refractivity contribution in [3.63, 3.8) is 0 Å². The molecule has 1 fully saturated rings. The highest BCUT2D eigenvalue weighted by atomic mass is 79.9. The van der Waals surface area contributed by atoms with Crippen molar-refractivity contribution in [2.45, 2.75) is 4.90 Å². The van der Waals surface area contributed by atoms with Gasteiger partial charge in [-0.25, -0.2) is 8.42 Å². The third-order valence-corrected chi connectivity index (χ3v) is 8.48. The number of amides is 2. The molecule has 1 N–H and O–H groups in total. The Bertz CT molecular complexity index is 1600. The monoisotopic (exact) mass is 603 g/mol. The third-order valence-electron chi connectivity index (χ3n) is 6.59. The molecule has 2 amide bonds. The fourth-order valence-electron chi connectivity index (χ4n) is 4.51. The minimum Gasteiger partial charge on any atom is -0.335 e. The molecule has 39 heavy (non-hydrogen) atoms. The summed E-state index contributed by atoms with van der Waals surface area (Å²) in [6.45, 7) is 1.52. The highest BCUT2D eigenvalue weighted by molar-refractivity contribution is 9.10. The molecule has 4 aromatic carbocycles. The van der Waals surface area contributed by atoms with Gasteiger partial charge in [0.25, 0.3) is 21.8 Å². The summed E-state index contributed by atoms with van der Waals surface area (Å²) in [6.07, 6.45) is 0. The number of nitrogens with zero attached hydrogens (tertiary/aromatic N) is 2. The van der Waals surface area contributed by atoms with E-state index in [9.17, 15) is 18.0 Å². The molecule has 0 aliphatic carbocycles. The number of nitrogens with one attached hydrogen (secondary N) is 1. The van der Waals surface area contributed by atoms with Crippen molar-refractivity contribution in [2.24, 2.45) is 0 Å². The van der Waals surface area contributed by atoms with E-state index in [0.717, 1.165) is 15.6 Å². The molecular formula is C30H26BrN3O4S. The quantitative estimate of drug-likeness (QED) is 0.314. The number of benzene rings is 4. The van der Waals surface area contributed by atoms with Crippen molar-refractivity contribution in [2.75, 3.05) is 30.9 Å². The minimum absolute atomic E-state index is 0.000247. The van der Waals surface area contributed by atoms with Gasteiger partial charge in [-0.15, -0.1) is 0 Å². The molecule has 4 aromatic rings. The van der Waals surface area contributed by atoms with Crippen LogP contribution in [0, 0.1) is 0 Å². The van der Waals surface area contributed by atoms with E-state index in [-0.39, 0.29) is 22.3 Å². The van der Waals surface area contributed by atoms with Crippen LogP contribution in [0.2, 0.25) is 0 Å². The van der Waals surface area contributed by atoms with E-state index >= 15 is 0 Å². The zero-order valence-corrected chi connectivity index (χ0v) is 23.4. The zero-order valence-electron chi connectivity index (χ0n) is 21.0. The Morgan fingerprint density at radius 1 is 0.667 bits per heavy atom. The molecule has 0 unspecified atom stereocenters. The Balaban J connectivity index is 1.28. The molecular weight excluding hydrogens is 578 g/mol. The molecule has 198 valence electrons. The first-order chi connectivity index (χ1) is 18.8. The van der Waals surface area contributed by atoms with Gasteiger partial charge < -0.3 is 9.80 Å². The molecule has 9 heteroatoms. The number of para-hydroxylation sites is 1. The van der Waals surface area contributed by atoms with E-state index in [1.165, 1.54) is 12.1 Å². The van der Waals surface area contributed by atoms with Gasteiger partial charge in [-0.05, 0) is 54.1 Å². The lowest BCUT2D eigenvalue weighted by molar-refractivity contribution is 0.0535. The van der Waals surface area contributed by atoms with Crippen molar-refractivity contribution in [1.82, 2.24) is 9.80 Å². The van der Waals surface area contributed by atoms with E-state index in [1.807, 2.05) is 54.6 Å². The van der Waals surface area contributed by atoms with Crippen LogP contribution in [0.4, 0.5) is 5.69 Å². The highest BCUT2D eigenvalue weighted by Gasteiger charge is 2.26. The molecule has 1 saturated heterocycles. The lowest BCUT2D eigenvalue weighted by Gasteiger charge is -2.35. The van der Waals surface area contributed by atoms with Crippen LogP contribution in [0.5, 0.6) is 0 Å². The molecule has 1 aliphatic rings. The average molecular weight is 605 g/mol. The van der Waals surface area contributed by atoms with Gasteiger partial charge in [-0.1, -0.05) is 70.5 Å². The summed E-state index contributed by atoms with van der Waals surface area (Å²) in [6, 6.07) is 29.9. The van der Waals surface area contributed by atoms with Gasteiger partial charge in [0.15, 0.2) is 0 Å². The van der Waals surface area contributed by atoms with E-state index in [4.69, 9.17) is 0 Å². The van der Waals surface area contributed by atoms with Crippen LogP contribution in [-0.2, 0) is 10.0 Å². The summed E-state index contributed by atoms with van der Waals surface area (Å²) in [4.78, 5) is 29.4. The first kappa shape index (κ1) is 26.6. The first-order valence-electron chi connectivity index (χ1n) is 12.4. The van der Waals surface area contributed by atoms with Crippen LogP contribution in [-0.4, -0.2) is 56.2 Å². The maximum atomic E-state index is 13.3. The van der Waals surface area contributed by atoms with Crippen LogP contribution in [0.15, 0.2) is 112 Å². The largest absolute Gasteiger partial charge is 0.335 e. The predicted octanol–water partition coefficient (Wildman–Crippen LogP) is 5.52. The van der Waals surface area contributed by atoms with Crippen molar-refractivity contribution in [3.05, 3.63) is 119 Å². The lowest BCUT2D eigenvalue weighted by atomic mass is 10.0. The second kappa shape index (κ2) is 11.4. The Kier molecular flexibility index (Phi) is 7.81. The summed E-state index contributed by atoms with van der Waals surface area (Å²) >= 11 is 3.37. The van der Waals surface area contributed by atoms with Gasteiger partial charge in [0.05, 0.1) is 10.6 Å². The molecule has 0 atom stereocenters. The molecule has 7 nitrogen and oxygen atoms in total. The smallest absolute Gasteiger partial charge is 0.261 e. The van der Waals surface area contributed by atoms with Gasteiger partial charge in [0.2, 0.25) is 0 Å². The fraction of sp³-hybridized carbons (Fsp3) is 0.133. The van der Waals surface area contributed by atoms with Gasteiger partial charge in [0, 0.05) is 47.3 Å². The van der Waals surface area contributed by atoms with E-state index in [2.05, 4.69) is 20.7 Å². The van der Waals surface area contributed by atoms with Crippen molar-refractivity contribution < 1.29 is 18.0 Å². The fourth-order valence-corrected chi connectivity index (χ4v) is 5.90. The molecule has 5 rings (SSSR count). The zero-order chi connectivity index (χ0) is 27.4. The number of hydrogen-bond donors (Lipinski definition) is 1. The van der Waals surface area contributed by atoms with Crippen LogP contribution in [0.25, 0.3) is 11.1 Å². The van der Waals surface area contributed by atoms with Crippen LogP contribution in [0.3, 0.4) is 0 Å². The first-order valence-corrected chi connectivity index (χ1v) is 14.7. The minimum atomic E-state index is -3.96. The Morgan fingerprint density at radius 2 is 1.26 bits per heavy atom. The topological polar surface area (TPSA) is 86.8 Å². The highest BCUT2D eigenvalue weighted by Crippen LogP contribution is 2.29. The molecule has 1 aliphatic heterocycles. The molecule has 1 heterocycles. The Labute approximate surface area is 236 Å². The van der Waals surface area contributed by atoms with E-state index in [0.29, 0.717) is 37.4 Å².